The van der Waals surface area contributed by atoms with Gasteiger partial charge < -0.3 is 9.80 Å². The first-order chi connectivity index (χ1) is 12.6. The number of para-hydroxylation sites is 1. The minimum Gasteiger partial charge on any atom is -0.368 e. The Hall–Kier alpha value is -2.82. The van der Waals surface area contributed by atoms with Crippen LogP contribution in [0.25, 0.3) is 10.9 Å². The summed E-state index contributed by atoms with van der Waals surface area (Å²) in [7, 11) is 0. The topological polar surface area (TPSA) is 41.4 Å². The van der Waals surface area contributed by atoms with Gasteiger partial charge in [-0.3, -0.25) is 9.48 Å². The van der Waals surface area contributed by atoms with Crippen LogP contribution in [0.5, 0.6) is 0 Å². The molecule has 0 saturated carbocycles. The molecule has 134 valence electrons. The maximum atomic E-state index is 12.7. The first kappa shape index (κ1) is 16.6. The molecule has 5 heteroatoms. The van der Waals surface area contributed by atoms with Gasteiger partial charge in [0.1, 0.15) is 6.54 Å². The van der Waals surface area contributed by atoms with E-state index in [2.05, 4.69) is 42.0 Å². The Morgan fingerprint density at radius 1 is 1.00 bits per heavy atom. The van der Waals surface area contributed by atoms with Crippen LogP contribution in [0, 0.1) is 13.8 Å². The zero-order valence-electron chi connectivity index (χ0n) is 15.4. The standard InChI is InChI=1S/C21H24N4O/c1-16-6-5-9-19(17(16)2)23-10-12-24(13-11-23)21(26)15-25-20-8-4-3-7-18(20)14-22-25/h3-9,14H,10-13,15H2,1-2H3. The molecule has 0 atom stereocenters. The van der Waals surface area contributed by atoms with E-state index in [1.807, 2.05) is 35.4 Å². The lowest BCUT2D eigenvalue weighted by Crippen LogP contribution is -2.49. The summed E-state index contributed by atoms with van der Waals surface area (Å²) in [5.41, 5.74) is 4.94. The minimum absolute atomic E-state index is 0.138. The molecule has 4 rings (SSSR count). The monoisotopic (exact) mass is 348 g/mol. The van der Waals surface area contributed by atoms with Crippen molar-refractivity contribution in [2.24, 2.45) is 0 Å². The van der Waals surface area contributed by atoms with Crippen LogP contribution in [0.2, 0.25) is 0 Å². The SMILES string of the molecule is Cc1cccc(N2CCN(C(=O)Cn3ncc4ccccc43)CC2)c1C. The van der Waals surface area contributed by atoms with E-state index in [0.29, 0.717) is 6.54 Å². The molecule has 2 heterocycles. The van der Waals surface area contributed by atoms with Crippen LogP contribution in [0.15, 0.2) is 48.7 Å². The van der Waals surface area contributed by atoms with Gasteiger partial charge in [-0.15, -0.1) is 0 Å². The number of fused-ring (bicyclic) bond motifs is 1. The van der Waals surface area contributed by atoms with E-state index in [1.54, 1.807) is 4.68 Å². The number of amides is 1. The van der Waals surface area contributed by atoms with E-state index < -0.39 is 0 Å². The quantitative estimate of drug-likeness (QED) is 0.731. The third-order valence-corrected chi connectivity index (χ3v) is 5.39. The summed E-state index contributed by atoms with van der Waals surface area (Å²) < 4.78 is 1.80. The predicted octanol–water partition coefficient (Wildman–Crippen LogP) is 3.00. The van der Waals surface area contributed by atoms with Gasteiger partial charge in [0.15, 0.2) is 0 Å². The first-order valence-corrected chi connectivity index (χ1v) is 9.13. The predicted molar refractivity (Wildman–Crippen MR) is 104 cm³/mol. The van der Waals surface area contributed by atoms with Gasteiger partial charge in [0.05, 0.1) is 11.7 Å². The summed E-state index contributed by atoms with van der Waals surface area (Å²) in [4.78, 5) is 17.1. The van der Waals surface area contributed by atoms with Crippen molar-refractivity contribution in [1.29, 1.82) is 0 Å². The Labute approximate surface area is 153 Å². The fraction of sp³-hybridized carbons (Fsp3) is 0.333. The van der Waals surface area contributed by atoms with Gasteiger partial charge in [-0.2, -0.15) is 5.10 Å². The van der Waals surface area contributed by atoms with Crippen molar-refractivity contribution in [2.45, 2.75) is 20.4 Å². The molecular formula is C21H24N4O. The first-order valence-electron chi connectivity index (χ1n) is 9.13. The van der Waals surface area contributed by atoms with Crippen LogP contribution in [-0.2, 0) is 11.3 Å². The number of benzene rings is 2. The smallest absolute Gasteiger partial charge is 0.244 e. The van der Waals surface area contributed by atoms with Crippen LogP contribution >= 0.6 is 0 Å². The summed E-state index contributed by atoms with van der Waals surface area (Å²) >= 11 is 0. The number of carbonyl (C=O) groups is 1. The lowest BCUT2D eigenvalue weighted by atomic mass is 10.1. The fourth-order valence-corrected chi connectivity index (χ4v) is 3.65. The van der Waals surface area contributed by atoms with Crippen molar-refractivity contribution >= 4 is 22.5 Å². The number of hydrogen-bond acceptors (Lipinski definition) is 3. The number of piperazine rings is 1. The number of hydrogen-bond donors (Lipinski definition) is 0. The second-order valence-electron chi connectivity index (χ2n) is 6.95. The highest BCUT2D eigenvalue weighted by Gasteiger charge is 2.23. The molecule has 26 heavy (non-hydrogen) atoms. The van der Waals surface area contributed by atoms with Gasteiger partial charge in [-0.25, -0.2) is 0 Å². The number of anilines is 1. The molecule has 2 aromatic carbocycles. The van der Waals surface area contributed by atoms with Gasteiger partial charge in [0.25, 0.3) is 0 Å². The lowest BCUT2D eigenvalue weighted by Gasteiger charge is -2.37. The second kappa shape index (κ2) is 6.83. The average Bonchev–Trinajstić information content (AvgIpc) is 3.07. The molecule has 3 aromatic rings. The molecule has 1 aromatic heterocycles. The second-order valence-corrected chi connectivity index (χ2v) is 6.95. The molecule has 0 aliphatic carbocycles. The summed E-state index contributed by atoms with van der Waals surface area (Å²) in [6.45, 7) is 7.87. The van der Waals surface area contributed by atoms with Crippen molar-refractivity contribution in [3.05, 3.63) is 59.8 Å². The molecule has 1 saturated heterocycles. The van der Waals surface area contributed by atoms with Gasteiger partial charge in [-0.1, -0.05) is 30.3 Å². The summed E-state index contributed by atoms with van der Waals surface area (Å²) in [5, 5.41) is 5.44. The Balaban J connectivity index is 1.41. The van der Waals surface area contributed by atoms with Crippen LogP contribution < -0.4 is 4.90 Å². The summed E-state index contributed by atoms with van der Waals surface area (Å²) in [6, 6.07) is 14.4. The van der Waals surface area contributed by atoms with E-state index >= 15 is 0 Å². The Morgan fingerprint density at radius 3 is 2.58 bits per heavy atom. The van der Waals surface area contributed by atoms with E-state index in [-0.39, 0.29) is 5.91 Å². The third-order valence-electron chi connectivity index (χ3n) is 5.39. The van der Waals surface area contributed by atoms with Crippen molar-refractivity contribution in [2.75, 3.05) is 31.1 Å². The molecule has 0 N–H and O–H groups in total. The molecule has 0 spiro atoms. The van der Waals surface area contributed by atoms with E-state index in [4.69, 9.17) is 0 Å². The van der Waals surface area contributed by atoms with Crippen molar-refractivity contribution in [1.82, 2.24) is 14.7 Å². The maximum Gasteiger partial charge on any atom is 0.244 e. The van der Waals surface area contributed by atoms with Crippen LogP contribution in [-0.4, -0.2) is 46.8 Å². The highest BCUT2D eigenvalue weighted by molar-refractivity contribution is 5.82. The van der Waals surface area contributed by atoms with Crippen molar-refractivity contribution in [3.63, 3.8) is 0 Å². The molecule has 1 fully saturated rings. The Morgan fingerprint density at radius 2 is 1.77 bits per heavy atom. The molecule has 0 bridgehead atoms. The summed E-state index contributed by atoms with van der Waals surface area (Å²) in [5.74, 6) is 0.138. The van der Waals surface area contributed by atoms with Gasteiger partial charge in [0, 0.05) is 37.3 Å². The number of aryl methyl sites for hydroxylation is 1. The lowest BCUT2D eigenvalue weighted by molar-refractivity contribution is -0.132. The van der Waals surface area contributed by atoms with Gasteiger partial charge >= 0.3 is 0 Å². The van der Waals surface area contributed by atoms with Crippen LogP contribution in [0.1, 0.15) is 11.1 Å². The highest BCUT2D eigenvalue weighted by Crippen LogP contribution is 2.24. The molecule has 1 aliphatic rings. The molecular weight excluding hydrogens is 324 g/mol. The van der Waals surface area contributed by atoms with Gasteiger partial charge in [-0.05, 0) is 37.1 Å². The minimum atomic E-state index is 0.138. The molecule has 1 amide bonds. The summed E-state index contributed by atoms with van der Waals surface area (Å²) in [6.07, 6.45) is 1.82. The van der Waals surface area contributed by atoms with Crippen molar-refractivity contribution in [3.8, 4) is 0 Å². The fourth-order valence-electron chi connectivity index (χ4n) is 3.65. The zero-order valence-corrected chi connectivity index (χ0v) is 15.4. The zero-order chi connectivity index (χ0) is 18.1. The molecule has 0 unspecified atom stereocenters. The number of aromatic nitrogens is 2. The molecule has 5 nitrogen and oxygen atoms in total. The molecule has 1 aliphatic heterocycles. The van der Waals surface area contributed by atoms with Crippen LogP contribution in [0.4, 0.5) is 5.69 Å². The average molecular weight is 348 g/mol. The molecule has 0 radical (unpaired) electrons. The number of rotatable bonds is 3. The largest absolute Gasteiger partial charge is 0.368 e. The maximum absolute atomic E-state index is 12.7. The van der Waals surface area contributed by atoms with Gasteiger partial charge in [0.2, 0.25) is 5.91 Å². The number of nitrogens with zero attached hydrogens (tertiary/aromatic N) is 4. The normalized spacial score (nSPS) is 14.8. The van der Waals surface area contributed by atoms with E-state index in [1.165, 1.54) is 16.8 Å². The number of carbonyl (C=O) groups excluding carboxylic acids is 1. The Bertz CT molecular complexity index is 938. The van der Waals surface area contributed by atoms with Crippen LogP contribution in [0.3, 0.4) is 0 Å². The van der Waals surface area contributed by atoms with E-state index in [9.17, 15) is 4.79 Å². The third kappa shape index (κ3) is 3.05. The van der Waals surface area contributed by atoms with E-state index in [0.717, 1.165) is 37.1 Å². The highest BCUT2D eigenvalue weighted by atomic mass is 16.2. The van der Waals surface area contributed by atoms with Crippen molar-refractivity contribution < 1.29 is 4.79 Å². The Kier molecular flexibility index (Phi) is 4.37.